The Bertz CT molecular complexity index is 223. The Balaban J connectivity index is 2.25. The Morgan fingerprint density at radius 2 is 2.40 bits per heavy atom. The highest BCUT2D eigenvalue weighted by Crippen LogP contribution is 2.15. The second kappa shape index (κ2) is 2.29. The highest BCUT2D eigenvalue weighted by atomic mass is 14.9. The molecule has 2 heteroatoms. The van der Waals surface area contributed by atoms with Crippen LogP contribution < -0.4 is 5.32 Å². The summed E-state index contributed by atoms with van der Waals surface area (Å²) < 4.78 is 0. The molecular weight excluding hydrogens is 124 g/mol. The summed E-state index contributed by atoms with van der Waals surface area (Å²) in [5.41, 5.74) is 2.53. The van der Waals surface area contributed by atoms with Gasteiger partial charge in [0.05, 0.1) is 13.1 Å². The van der Waals surface area contributed by atoms with Gasteiger partial charge in [-0.05, 0) is 5.57 Å². The minimum atomic E-state index is 0.829. The Kier molecular flexibility index (Phi) is 1.31. The molecule has 2 rings (SSSR count). The number of hydrogen-bond acceptors (Lipinski definition) is 1. The summed E-state index contributed by atoms with van der Waals surface area (Å²) in [5, 5.41) is 4.35. The highest BCUT2D eigenvalue weighted by molar-refractivity contribution is 5.64. The van der Waals surface area contributed by atoms with Gasteiger partial charge in [0.1, 0.15) is 0 Å². The van der Waals surface area contributed by atoms with Crippen LogP contribution in [0.2, 0.25) is 0 Å². The van der Waals surface area contributed by atoms with Crippen molar-refractivity contribution >= 4 is 6.21 Å². The monoisotopic (exact) mass is 133 g/mol. The molecule has 2 nitrogen and oxygen atoms in total. The third-order valence-electron chi connectivity index (χ3n) is 1.75. The van der Waals surface area contributed by atoms with Crippen molar-refractivity contribution in [1.82, 2.24) is 5.32 Å². The Morgan fingerprint density at radius 3 is 3.30 bits per heavy atom. The van der Waals surface area contributed by atoms with Gasteiger partial charge in [-0.25, -0.2) is 0 Å². The minimum Gasteiger partial charge on any atom is -0.292 e. The smallest absolute Gasteiger partial charge is 0.0653 e. The summed E-state index contributed by atoms with van der Waals surface area (Å²) in [6.07, 6.45) is 7.10. The van der Waals surface area contributed by atoms with Gasteiger partial charge in [0.15, 0.2) is 0 Å². The lowest BCUT2D eigenvalue weighted by molar-refractivity contribution is 0.815. The number of dihydropyridines is 1. The van der Waals surface area contributed by atoms with Crippen molar-refractivity contribution in [1.29, 1.82) is 0 Å². The van der Waals surface area contributed by atoms with Crippen molar-refractivity contribution in [2.45, 2.75) is 6.42 Å². The maximum atomic E-state index is 4.35. The molecular formula is C8H9N2. The van der Waals surface area contributed by atoms with Crippen LogP contribution in [0, 0.1) is 0 Å². The highest BCUT2D eigenvalue weighted by Gasteiger charge is 2.09. The second-order valence-electron chi connectivity index (χ2n) is 2.44. The molecule has 0 spiro atoms. The first-order chi connectivity index (χ1) is 4.97. The van der Waals surface area contributed by atoms with Gasteiger partial charge in [-0.2, -0.15) is 0 Å². The molecule has 0 aromatic carbocycles. The molecule has 10 heavy (non-hydrogen) atoms. The normalized spacial score (nSPS) is 22.4. The number of rotatable bonds is 0. The number of hydrogen-bond donors (Lipinski definition) is 0. The zero-order chi connectivity index (χ0) is 6.81. The maximum absolute atomic E-state index is 4.35. The summed E-state index contributed by atoms with van der Waals surface area (Å²) >= 11 is 0. The summed E-state index contributed by atoms with van der Waals surface area (Å²) in [7, 11) is 0. The van der Waals surface area contributed by atoms with E-state index in [9.17, 15) is 0 Å². The molecule has 1 radical (unpaired) electrons. The third kappa shape index (κ3) is 0.856. The topological polar surface area (TPSA) is 26.5 Å². The van der Waals surface area contributed by atoms with E-state index in [0.29, 0.717) is 0 Å². The first-order valence-corrected chi connectivity index (χ1v) is 3.51. The molecule has 0 atom stereocenters. The van der Waals surface area contributed by atoms with Gasteiger partial charge in [-0.15, -0.1) is 0 Å². The maximum Gasteiger partial charge on any atom is 0.0653 e. The van der Waals surface area contributed by atoms with E-state index in [2.05, 4.69) is 22.5 Å². The van der Waals surface area contributed by atoms with E-state index >= 15 is 0 Å². The van der Waals surface area contributed by atoms with Crippen LogP contribution in [0.15, 0.2) is 28.4 Å². The van der Waals surface area contributed by atoms with Gasteiger partial charge in [0.2, 0.25) is 0 Å². The lowest BCUT2D eigenvalue weighted by Crippen LogP contribution is -2.15. The fourth-order valence-electron chi connectivity index (χ4n) is 1.21. The fourth-order valence-corrected chi connectivity index (χ4v) is 1.21. The van der Waals surface area contributed by atoms with E-state index in [1.54, 1.807) is 0 Å². The summed E-state index contributed by atoms with van der Waals surface area (Å²) in [4.78, 5) is 4.17. The Hall–Kier alpha value is -1.05. The quantitative estimate of drug-likeness (QED) is 0.469. The lowest BCUT2D eigenvalue weighted by Gasteiger charge is -2.15. The number of aliphatic imine (C=N–C) groups is 1. The van der Waals surface area contributed by atoms with E-state index in [0.717, 1.165) is 19.5 Å². The molecule has 0 aliphatic carbocycles. The van der Waals surface area contributed by atoms with Gasteiger partial charge < -0.3 is 0 Å². The molecule has 0 unspecified atom stereocenters. The molecule has 0 N–H and O–H groups in total. The SMILES string of the molecule is C1=CC2=C(CC=NC2)[N]C1. The summed E-state index contributed by atoms with van der Waals surface area (Å²) in [6.45, 7) is 1.68. The largest absolute Gasteiger partial charge is 0.292 e. The number of nitrogens with zero attached hydrogens (tertiary/aromatic N) is 2. The van der Waals surface area contributed by atoms with Crippen LogP contribution in [0.3, 0.4) is 0 Å². The Morgan fingerprint density at radius 1 is 1.40 bits per heavy atom. The summed E-state index contributed by atoms with van der Waals surface area (Å²) in [6, 6.07) is 0. The zero-order valence-corrected chi connectivity index (χ0v) is 5.75. The Labute approximate surface area is 60.3 Å². The molecule has 2 aliphatic rings. The van der Waals surface area contributed by atoms with Crippen LogP contribution in [-0.2, 0) is 0 Å². The van der Waals surface area contributed by atoms with Crippen LogP contribution in [0.1, 0.15) is 6.42 Å². The van der Waals surface area contributed by atoms with Crippen molar-refractivity contribution < 1.29 is 0 Å². The predicted molar refractivity (Wildman–Crippen MR) is 41.1 cm³/mol. The van der Waals surface area contributed by atoms with E-state index < -0.39 is 0 Å². The molecule has 0 aromatic rings. The zero-order valence-electron chi connectivity index (χ0n) is 5.75. The standard InChI is InChI=1S/C8H9N2/c1-2-7-6-9-5-3-8(7)10-4-1/h1-2,5H,3-4,6H2. The van der Waals surface area contributed by atoms with Crippen LogP contribution in [0.25, 0.3) is 0 Å². The minimum absolute atomic E-state index is 0.829. The van der Waals surface area contributed by atoms with E-state index in [1.165, 1.54) is 11.3 Å². The van der Waals surface area contributed by atoms with Crippen molar-refractivity contribution in [3.05, 3.63) is 23.4 Å². The molecule has 0 bridgehead atoms. The number of allylic oxidation sites excluding steroid dienone is 1. The van der Waals surface area contributed by atoms with Gasteiger partial charge in [0, 0.05) is 18.3 Å². The van der Waals surface area contributed by atoms with Crippen molar-refractivity contribution in [2.24, 2.45) is 4.99 Å². The van der Waals surface area contributed by atoms with Gasteiger partial charge in [-0.1, -0.05) is 12.2 Å². The summed E-state index contributed by atoms with van der Waals surface area (Å²) in [5.74, 6) is 0. The lowest BCUT2D eigenvalue weighted by atomic mass is 10.1. The van der Waals surface area contributed by atoms with Crippen molar-refractivity contribution in [3.8, 4) is 0 Å². The molecule has 51 valence electrons. The molecule has 2 heterocycles. The third-order valence-corrected chi connectivity index (χ3v) is 1.75. The fraction of sp³-hybridized carbons (Fsp3) is 0.375. The van der Waals surface area contributed by atoms with Gasteiger partial charge >= 0.3 is 0 Å². The molecule has 0 amide bonds. The van der Waals surface area contributed by atoms with Crippen molar-refractivity contribution in [3.63, 3.8) is 0 Å². The molecule has 0 aromatic heterocycles. The first kappa shape index (κ1) is 5.71. The van der Waals surface area contributed by atoms with Crippen molar-refractivity contribution in [2.75, 3.05) is 13.1 Å². The van der Waals surface area contributed by atoms with Crippen LogP contribution in [-0.4, -0.2) is 19.3 Å². The average Bonchev–Trinajstić information content (AvgIpc) is 2.05. The van der Waals surface area contributed by atoms with Crippen LogP contribution in [0.5, 0.6) is 0 Å². The average molecular weight is 133 g/mol. The molecule has 0 saturated heterocycles. The van der Waals surface area contributed by atoms with E-state index in [-0.39, 0.29) is 0 Å². The second-order valence-corrected chi connectivity index (χ2v) is 2.44. The van der Waals surface area contributed by atoms with Crippen LogP contribution in [0.4, 0.5) is 0 Å². The van der Waals surface area contributed by atoms with Gasteiger partial charge in [-0.3, -0.25) is 10.3 Å². The van der Waals surface area contributed by atoms with Gasteiger partial charge in [0.25, 0.3) is 0 Å². The molecule has 2 aliphatic heterocycles. The predicted octanol–water partition coefficient (Wildman–Crippen LogP) is 0.889. The van der Waals surface area contributed by atoms with E-state index in [1.807, 2.05) is 6.21 Å². The molecule has 0 fully saturated rings. The van der Waals surface area contributed by atoms with E-state index in [4.69, 9.17) is 0 Å². The molecule has 0 saturated carbocycles. The van der Waals surface area contributed by atoms with Crippen LogP contribution >= 0.6 is 0 Å². The first-order valence-electron chi connectivity index (χ1n) is 3.51.